The van der Waals surface area contributed by atoms with Crippen molar-refractivity contribution in [3.05, 3.63) is 83.8 Å². The summed E-state index contributed by atoms with van der Waals surface area (Å²) >= 11 is 18.9. The molecule has 2 heterocycles. The molecule has 0 aliphatic carbocycles. The van der Waals surface area contributed by atoms with Gasteiger partial charge in [0, 0.05) is 11.4 Å². The number of nitrogens with one attached hydrogen (secondary N) is 1. The van der Waals surface area contributed by atoms with Gasteiger partial charge < -0.3 is 4.98 Å². The first-order valence-corrected chi connectivity index (χ1v) is 10.5. The van der Waals surface area contributed by atoms with Crippen LogP contribution >= 0.6 is 34.8 Å². The largest absolute Gasteiger partial charge is 0.310 e. The van der Waals surface area contributed by atoms with E-state index in [0.717, 1.165) is 5.56 Å². The molecule has 2 aromatic carbocycles. The van der Waals surface area contributed by atoms with Gasteiger partial charge in [0.25, 0.3) is 5.56 Å². The molecule has 0 unspecified atom stereocenters. The van der Waals surface area contributed by atoms with Crippen molar-refractivity contribution in [3.63, 3.8) is 0 Å². The van der Waals surface area contributed by atoms with E-state index >= 15 is 0 Å². The van der Waals surface area contributed by atoms with Gasteiger partial charge in [0.05, 0.1) is 15.7 Å². The minimum Gasteiger partial charge on any atom is -0.310 e. The molecule has 0 atom stereocenters. The van der Waals surface area contributed by atoms with Crippen LogP contribution in [0.5, 0.6) is 0 Å². The molecule has 4 aromatic rings. The van der Waals surface area contributed by atoms with Crippen molar-refractivity contribution < 1.29 is 0 Å². The zero-order valence-electron chi connectivity index (χ0n) is 16.5. The molecule has 1 N–H and O–H groups in total. The van der Waals surface area contributed by atoms with E-state index in [1.807, 2.05) is 13.8 Å². The van der Waals surface area contributed by atoms with Gasteiger partial charge in [-0.25, -0.2) is 9.67 Å². The second kappa shape index (κ2) is 8.42. The molecule has 0 fully saturated rings. The molecule has 0 radical (unpaired) electrons. The summed E-state index contributed by atoms with van der Waals surface area (Å²) in [5, 5.41) is 8.85. The SMILES string of the molecule is CC(C)c1nn(-c2c(Cl)cc(Cl)cc2Cl)c2nc(Cc3ccc(N=O)cc3)[nH]c(=O)c12. The Kier molecular flexibility index (Phi) is 5.83. The second-order valence-electron chi connectivity index (χ2n) is 7.32. The fourth-order valence-corrected chi connectivity index (χ4v) is 4.32. The molecule has 0 saturated carbocycles. The third kappa shape index (κ3) is 4.08. The van der Waals surface area contributed by atoms with Crippen LogP contribution < -0.4 is 5.56 Å². The minimum absolute atomic E-state index is 0.0364. The lowest BCUT2D eigenvalue weighted by Gasteiger charge is -2.09. The number of aromatic amines is 1. The van der Waals surface area contributed by atoms with Crippen molar-refractivity contribution in [2.24, 2.45) is 5.18 Å². The molecule has 31 heavy (non-hydrogen) atoms. The van der Waals surface area contributed by atoms with Crippen molar-refractivity contribution in [3.8, 4) is 5.69 Å². The number of fused-ring (bicyclic) bond motifs is 1. The molecule has 0 aliphatic rings. The maximum Gasteiger partial charge on any atom is 0.262 e. The average molecular weight is 477 g/mol. The third-order valence-corrected chi connectivity index (χ3v) is 5.56. The average Bonchev–Trinajstić information content (AvgIpc) is 3.08. The van der Waals surface area contributed by atoms with Crippen LogP contribution in [0.1, 0.15) is 36.8 Å². The van der Waals surface area contributed by atoms with Crippen molar-refractivity contribution >= 4 is 51.5 Å². The molecular formula is C21H16Cl3N5O2. The molecule has 10 heteroatoms. The second-order valence-corrected chi connectivity index (χ2v) is 8.57. The zero-order valence-corrected chi connectivity index (χ0v) is 18.8. The highest BCUT2D eigenvalue weighted by Crippen LogP contribution is 2.34. The van der Waals surface area contributed by atoms with Crippen LogP contribution in [-0.2, 0) is 6.42 Å². The number of halogens is 3. The van der Waals surface area contributed by atoms with Gasteiger partial charge >= 0.3 is 0 Å². The van der Waals surface area contributed by atoms with Gasteiger partial charge in [-0.3, -0.25) is 4.79 Å². The number of hydrogen-bond acceptors (Lipinski definition) is 5. The van der Waals surface area contributed by atoms with Gasteiger partial charge in [0.15, 0.2) is 5.65 Å². The number of hydrogen-bond donors (Lipinski definition) is 1. The van der Waals surface area contributed by atoms with E-state index < -0.39 is 0 Å². The van der Waals surface area contributed by atoms with Gasteiger partial charge in [-0.05, 0) is 40.9 Å². The van der Waals surface area contributed by atoms with E-state index in [-0.39, 0.29) is 21.5 Å². The summed E-state index contributed by atoms with van der Waals surface area (Å²) in [6, 6.07) is 9.84. The highest BCUT2D eigenvalue weighted by molar-refractivity contribution is 6.40. The van der Waals surface area contributed by atoms with E-state index in [1.165, 1.54) is 4.68 Å². The highest BCUT2D eigenvalue weighted by atomic mass is 35.5. The van der Waals surface area contributed by atoms with Crippen LogP contribution in [0.3, 0.4) is 0 Å². The minimum atomic E-state index is -0.303. The van der Waals surface area contributed by atoms with Crippen LogP contribution in [0.15, 0.2) is 46.4 Å². The summed E-state index contributed by atoms with van der Waals surface area (Å²) in [6.07, 6.45) is 0.342. The Balaban J connectivity index is 1.92. The Morgan fingerprint density at radius 1 is 1.10 bits per heavy atom. The summed E-state index contributed by atoms with van der Waals surface area (Å²) in [5.74, 6) is 0.396. The van der Waals surface area contributed by atoms with Gasteiger partial charge in [-0.2, -0.15) is 5.10 Å². The summed E-state index contributed by atoms with van der Waals surface area (Å²) < 4.78 is 1.49. The Labute approximate surface area is 191 Å². The normalized spacial score (nSPS) is 11.4. The number of aromatic nitrogens is 4. The molecular weight excluding hydrogens is 461 g/mol. The molecule has 0 saturated heterocycles. The van der Waals surface area contributed by atoms with E-state index in [0.29, 0.717) is 45.4 Å². The molecule has 158 valence electrons. The van der Waals surface area contributed by atoms with Crippen molar-refractivity contribution in [1.29, 1.82) is 0 Å². The molecule has 0 aliphatic heterocycles. The Morgan fingerprint density at radius 2 is 1.74 bits per heavy atom. The molecule has 2 aromatic heterocycles. The smallest absolute Gasteiger partial charge is 0.262 e. The van der Waals surface area contributed by atoms with Gasteiger partial charge in [-0.1, -0.05) is 60.8 Å². The summed E-state index contributed by atoms with van der Waals surface area (Å²) in [5.41, 5.74) is 2.20. The standard InChI is InChI=1S/C21H16Cl3N5O2/c1-10(2)18-17-20(29(27-18)19-14(23)8-12(22)9-15(19)24)25-16(26-21(17)30)7-11-3-5-13(28-31)6-4-11/h3-6,8-10H,7H2,1-2H3,(H,25,26,30). The van der Waals surface area contributed by atoms with E-state index in [9.17, 15) is 9.70 Å². The fourth-order valence-electron chi connectivity index (χ4n) is 3.34. The van der Waals surface area contributed by atoms with Crippen molar-refractivity contribution in [1.82, 2.24) is 19.7 Å². The Bertz CT molecular complexity index is 1340. The van der Waals surface area contributed by atoms with E-state index in [1.54, 1.807) is 36.4 Å². The van der Waals surface area contributed by atoms with Crippen LogP contribution in [0.4, 0.5) is 5.69 Å². The fraction of sp³-hybridized carbons (Fsp3) is 0.190. The van der Waals surface area contributed by atoms with Gasteiger partial charge in [-0.15, -0.1) is 4.91 Å². The number of rotatable bonds is 5. The van der Waals surface area contributed by atoms with Crippen molar-refractivity contribution in [2.75, 3.05) is 0 Å². The molecule has 0 amide bonds. The molecule has 0 spiro atoms. The van der Waals surface area contributed by atoms with Gasteiger partial charge in [0.1, 0.15) is 22.6 Å². The lowest BCUT2D eigenvalue weighted by Crippen LogP contribution is -2.14. The number of H-pyrrole nitrogens is 1. The lowest BCUT2D eigenvalue weighted by atomic mass is 10.1. The number of nitroso groups, excluding NO2 is 1. The number of benzene rings is 2. The van der Waals surface area contributed by atoms with Gasteiger partial charge in [0.2, 0.25) is 0 Å². The predicted octanol–water partition coefficient (Wildman–Crippen LogP) is 6.18. The summed E-state index contributed by atoms with van der Waals surface area (Å²) in [6.45, 7) is 3.88. The quantitative estimate of drug-likeness (QED) is 0.348. The summed E-state index contributed by atoms with van der Waals surface area (Å²) in [4.78, 5) is 31.1. The van der Waals surface area contributed by atoms with Crippen LogP contribution in [-0.4, -0.2) is 19.7 Å². The molecule has 7 nitrogen and oxygen atoms in total. The maximum absolute atomic E-state index is 13.0. The summed E-state index contributed by atoms with van der Waals surface area (Å²) in [7, 11) is 0. The highest BCUT2D eigenvalue weighted by Gasteiger charge is 2.22. The third-order valence-electron chi connectivity index (χ3n) is 4.77. The molecule has 0 bridgehead atoms. The first-order chi connectivity index (χ1) is 14.8. The monoisotopic (exact) mass is 475 g/mol. The van der Waals surface area contributed by atoms with E-state index in [4.69, 9.17) is 34.8 Å². The van der Waals surface area contributed by atoms with Crippen LogP contribution in [0.25, 0.3) is 16.7 Å². The van der Waals surface area contributed by atoms with Crippen LogP contribution in [0, 0.1) is 4.91 Å². The topological polar surface area (TPSA) is 93.0 Å². The Hall–Kier alpha value is -2.74. The number of nitrogens with zero attached hydrogens (tertiary/aromatic N) is 4. The molecule has 4 rings (SSSR count). The predicted molar refractivity (Wildman–Crippen MR) is 123 cm³/mol. The van der Waals surface area contributed by atoms with Crippen molar-refractivity contribution in [2.45, 2.75) is 26.2 Å². The maximum atomic E-state index is 13.0. The zero-order chi connectivity index (χ0) is 22.3. The Morgan fingerprint density at radius 3 is 2.32 bits per heavy atom. The first kappa shape index (κ1) is 21.5. The lowest BCUT2D eigenvalue weighted by molar-refractivity contribution is 0.776. The van der Waals surface area contributed by atoms with E-state index in [2.05, 4.69) is 20.2 Å². The first-order valence-electron chi connectivity index (χ1n) is 9.37. The van der Waals surface area contributed by atoms with Crippen LogP contribution in [0.2, 0.25) is 15.1 Å².